The summed E-state index contributed by atoms with van der Waals surface area (Å²) in [5.74, 6) is 0. The number of aromatic nitrogens is 3. The molecule has 0 bridgehead atoms. The Morgan fingerprint density at radius 2 is 2.18 bits per heavy atom. The average molecular weight is 254 g/mol. The third-order valence-electron chi connectivity index (χ3n) is 1.92. The summed E-state index contributed by atoms with van der Waals surface area (Å²) in [5.41, 5.74) is -0.0809. The number of hydrogen-bond acceptors (Lipinski definition) is 6. The van der Waals surface area contributed by atoms with Gasteiger partial charge in [0, 0.05) is 9.41 Å². The molecule has 0 saturated carbocycles. The molecule has 7 nitrogen and oxygen atoms in total. The van der Waals surface area contributed by atoms with Crippen LogP contribution in [-0.4, -0.2) is 21.8 Å². The monoisotopic (exact) mass is 254 g/mol. The Morgan fingerprint density at radius 3 is 2.94 bits per heavy atom. The van der Waals surface area contributed by atoms with Crippen LogP contribution in [0.15, 0.2) is 29.1 Å². The Kier molecular flexibility index (Phi) is 3.41. The maximum Gasteiger partial charge on any atom is 0.772 e. The molecule has 17 heavy (non-hydrogen) atoms. The summed E-state index contributed by atoms with van der Waals surface area (Å²) < 4.78 is 20.6. The molecule has 0 amide bonds. The van der Waals surface area contributed by atoms with E-state index in [1.54, 1.807) is 31.2 Å². The molecule has 1 heterocycles. The zero-order chi connectivity index (χ0) is 12.3. The van der Waals surface area contributed by atoms with E-state index in [0.29, 0.717) is 15.7 Å². The Labute approximate surface area is 96.9 Å². The van der Waals surface area contributed by atoms with Crippen LogP contribution in [-0.2, 0) is 9.09 Å². The van der Waals surface area contributed by atoms with Gasteiger partial charge in [-0.3, -0.25) is 4.79 Å². The SMILES string of the molecule is CCO[P+](=O)On1nnc2ccccc2c1=O. The highest BCUT2D eigenvalue weighted by Crippen LogP contribution is 2.17. The maximum absolute atomic E-state index is 11.8. The third kappa shape index (κ3) is 2.46. The van der Waals surface area contributed by atoms with E-state index < -0.39 is 13.8 Å². The normalized spacial score (nSPS) is 11.5. The Morgan fingerprint density at radius 1 is 1.41 bits per heavy atom. The molecule has 0 spiro atoms. The van der Waals surface area contributed by atoms with Crippen molar-refractivity contribution in [1.82, 2.24) is 15.2 Å². The minimum Gasteiger partial charge on any atom is -0.263 e. The fourth-order valence-corrected chi connectivity index (χ4v) is 1.71. The zero-order valence-corrected chi connectivity index (χ0v) is 9.83. The van der Waals surface area contributed by atoms with E-state index in [1.807, 2.05) is 0 Å². The van der Waals surface area contributed by atoms with Gasteiger partial charge >= 0.3 is 13.8 Å². The summed E-state index contributed by atoms with van der Waals surface area (Å²) in [4.78, 5) is 12.4. The van der Waals surface area contributed by atoms with Crippen molar-refractivity contribution in [3.8, 4) is 0 Å². The fourth-order valence-electron chi connectivity index (χ4n) is 1.22. The molecule has 0 fully saturated rings. The first kappa shape index (κ1) is 11.6. The quantitative estimate of drug-likeness (QED) is 0.754. The van der Waals surface area contributed by atoms with Gasteiger partial charge in [-0.25, -0.2) is 0 Å². The van der Waals surface area contributed by atoms with Crippen molar-refractivity contribution in [2.24, 2.45) is 0 Å². The number of fused-ring (bicyclic) bond motifs is 1. The van der Waals surface area contributed by atoms with Gasteiger partial charge in [-0.2, -0.15) is 0 Å². The van der Waals surface area contributed by atoms with Crippen LogP contribution in [0.2, 0.25) is 0 Å². The Balaban J connectivity index is 2.39. The largest absolute Gasteiger partial charge is 0.772 e. The summed E-state index contributed by atoms with van der Waals surface area (Å²) in [6, 6.07) is 6.66. The second-order valence-electron chi connectivity index (χ2n) is 3.01. The predicted octanol–water partition coefficient (Wildman–Crippen LogP) is 0.914. The standard InChI is InChI=1S/C9H9N3O4P/c1-2-15-17(14)16-12-9(13)7-5-3-4-6-8(7)10-11-12/h3-6H,2H2,1H3/q+1. The molecule has 0 aliphatic carbocycles. The van der Waals surface area contributed by atoms with Gasteiger partial charge in [-0.05, 0) is 24.3 Å². The molecular weight excluding hydrogens is 245 g/mol. The molecule has 8 heteroatoms. The molecule has 2 aromatic rings. The van der Waals surface area contributed by atoms with Gasteiger partial charge in [0.2, 0.25) is 0 Å². The minimum atomic E-state index is -2.42. The molecule has 1 aromatic carbocycles. The second-order valence-corrected chi connectivity index (χ2v) is 3.88. The van der Waals surface area contributed by atoms with Crippen molar-refractivity contribution in [1.29, 1.82) is 0 Å². The number of nitrogens with zero attached hydrogens (tertiary/aromatic N) is 3. The molecule has 2 rings (SSSR count). The highest BCUT2D eigenvalue weighted by atomic mass is 31.1. The summed E-state index contributed by atoms with van der Waals surface area (Å²) >= 11 is 0. The first-order chi connectivity index (χ1) is 8.22. The molecule has 0 N–H and O–H groups in total. The van der Waals surface area contributed by atoms with Crippen molar-refractivity contribution < 1.29 is 13.7 Å². The first-order valence-corrected chi connectivity index (χ1v) is 5.95. The summed E-state index contributed by atoms with van der Waals surface area (Å²) in [6.45, 7) is 1.87. The lowest BCUT2D eigenvalue weighted by Crippen LogP contribution is -2.27. The first-order valence-electron chi connectivity index (χ1n) is 4.85. The molecule has 1 atom stereocenters. The minimum absolute atomic E-state index is 0.213. The van der Waals surface area contributed by atoms with E-state index in [1.165, 1.54) is 0 Å². The van der Waals surface area contributed by atoms with Crippen LogP contribution in [0, 0.1) is 0 Å². The highest BCUT2D eigenvalue weighted by Gasteiger charge is 2.23. The second kappa shape index (κ2) is 4.99. The van der Waals surface area contributed by atoms with Crippen LogP contribution in [0.4, 0.5) is 0 Å². The van der Waals surface area contributed by atoms with E-state index in [-0.39, 0.29) is 6.61 Å². The van der Waals surface area contributed by atoms with Crippen LogP contribution in [0.1, 0.15) is 6.92 Å². The molecule has 0 radical (unpaired) electrons. The molecule has 1 aromatic heterocycles. The fraction of sp³-hybridized carbons (Fsp3) is 0.222. The molecule has 0 saturated heterocycles. The van der Waals surface area contributed by atoms with Gasteiger partial charge in [0.05, 0.1) is 5.39 Å². The number of rotatable bonds is 4. The summed E-state index contributed by atoms with van der Waals surface area (Å²) in [6.07, 6.45) is 0. The van der Waals surface area contributed by atoms with E-state index >= 15 is 0 Å². The van der Waals surface area contributed by atoms with Crippen molar-refractivity contribution >= 4 is 19.2 Å². The number of hydrogen-bond donors (Lipinski definition) is 0. The van der Waals surface area contributed by atoms with Gasteiger partial charge in [0.1, 0.15) is 12.1 Å². The van der Waals surface area contributed by atoms with Crippen LogP contribution >= 0.6 is 8.25 Å². The van der Waals surface area contributed by atoms with Crippen molar-refractivity contribution in [3.63, 3.8) is 0 Å². The highest BCUT2D eigenvalue weighted by molar-refractivity contribution is 7.33. The average Bonchev–Trinajstić information content (AvgIpc) is 2.33. The molecule has 1 unspecified atom stereocenters. The van der Waals surface area contributed by atoms with Gasteiger partial charge in [0.25, 0.3) is 0 Å². The zero-order valence-electron chi connectivity index (χ0n) is 8.94. The lowest BCUT2D eigenvalue weighted by atomic mass is 10.2. The van der Waals surface area contributed by atoms with Crippen LogP contribution in [0.3, 0.4) is 0 Å². The Bertz CT molecular complexity index is 612. The van der Waals surface area contributed by atoms with Gasteiger partial charge in [0.15, 0.2) is 0 Å². The van der Waals surface area contributed by atoms with Crippen LogP contribution < -0.4 is 10.2 Å². The van der Waals surface area contributed by atoms with E-state index in [9.17, 15) is 9.36 Å². The smallest absolute Gasteiger partial charge is 0.263 e. The maximum atomic E-state index is 11.8. The van der Waals surface area contributed by atoms with Crippen molar-refractivity contribution in [3.05, 3.63) is 34.6 Å². The van der Waals surface area contributed by atoms with E-state index in [2.05, 4.69) is 14.8 Å². The molecule has 88 valence electrons. The summed E-state index contributed by atoms with van der Waals surface area (Å²) in [5, 5.41) is 7.59. The van der Waals surface area contributed by atoms with Crippen molar-refractivity contribution in [2.75, 3.05) is 6.61 Å². The van der Waals surface area contributed by atoms with Crippen LogP contribution in [0.25, 0.3) is 10.9 Å². The number of benzene rings is 1. The topological polar surface area (TPSA) is 83.3 Å². The lowest BCUT2D eigenvalue weighted by Gasteiger charge is -1.96. The van der Waals surface area contributed by atoms with E-state index in [4.69, 9.17) is 4.62 Å². The summed E-state index contributed by atoms with van der Waals surface area (Å²) in [7, 11) is -2.42. The van der Waals surface area contributed by atoms with Crippen LogP contribution in [0.5, 0.6) is 0 Å². The van der Waals surface area contributed by atoms with Gasteiger partial charge in [-0.15, -0.1) is 14.2 Å². The molecule has 0 aliphatic heterocycles. The van der Waals surface area contributed by atoms with Gasteiger partial charge < -0.3 is 0 Å². The Hall–Kier alpha value is -1.85. The predicted molar refractivity (Wildman–Crippen MR) is 59.6 cm³/mol. The van der Waals surface area contributed by atoms with Crippen molar-refractivity contribution in [2.45, 2.75) is 6.92 Å². The van der Waals surface area contributed by atoms with Gasteiger partial charge in [-0.1, -0.05) is 12.1 Å². The molecular formula is C9H9N3O4P+. The lowest BCUT2D eigenvalue weighted by molar-refractivity contribution is 0.173. The van der Waals surface area contributed by atoms with E-state index in [0.717, 1.165) is 0 Å². The molecule has 0 aliphatic rings. The third-order valence-corrected chi connectivity index (χ3v) is 2.68.